The number of furan rings is 1. The van der Waals surface area contributed by atoms with Gasteiger partial charge in [-0.3, -0.25) is 4.79 Å². The first-order valence-electron chi connectivity index (χ1n) is 5.06. The van der Waals surface area contributed by atoms with Crippen LogP contribution in [0, 0.1) is 0 Å². The molecule has 0 spiro atoms. The van der Waals surface area contributed by atoms with Gasteiger partial charge >= 0.3 is 5.97 Å². The SMILES string of the molecule is COC(=O)/C=C/c1ccc(C(=O)CN(C)C)o1. The van der Waals surface area contributed by atoms with Crippen LogP contribution in [0.5, 0.6) is 0 Å². The Kier molecular flexibility index (Phi) is 4.66. The Balaban J connectivity index is 2.68. The molecule has 0 bridgehead atoms. The van der Waals surface area contributed by atoms with Gasteiger partial charge in [0, 0.05) is 6.08 Å². The first-order chi connectivity index (χ1) is 8.02. The van der Waals surface area contributed by atoms with E-state index in [9.17, 15) is 9.59 Å². The molecule has 0 unspecified atom stereocenters. The number of ketones is 1. The molecular weight excluding hydrogens is 222 g/mol. The van der Waals surface area contributed by atoms with Crippen LogP contribution in [0.1, 0.15) is 16.3 Å². The lowest BCUT2D eigenvalue weighted by molar-refractivity contribution is -0.134. The zero-order chi connectivity index (χ0) is 12.8. The minimum atomic E-state index is -0.470. The molecular formula is C12H15NO4. The summed E-state index contributed by atoms with van der Waals surface area (Å²) in [4.78, 5) is 24.2. The van der Waals surface area contributed by atoms with Gasteiger partial charge in [0.15, 0.2) is 5.76 Å². The molecule has 0 saturated carbocycles. The number of nitrogens with zero attached hydrogens (tertiary/aromatic N) is 1. The minimum Gasteiger partial charge on any atom is -0.466 e. The number of likely N-dealkylation sites (N-methyl/N-ethyl adjacent to an activating group) is 1. The van der Waals surface area contributed by atoms with E-state index < -0.39 is 5.97 Å². The van der Waals surface area contributed by atoms with E-state index in [1.54, 1.807) is 31.1 Å². The molecule has 0 atom stereocenters. The lowest BCUT2D eigenvalue weighted by Gasteiger charge is -2.05. The highest BCUT2D eigenvalue weighted by Crippen LogP contribution is 2.10. The summed E-state index contributed by atoms with van der Waals surface area (Å²) in [7, 11) is 4.90. The largest absolute Gasteiger partial charge is 0.466 e. The Labute approximate surface area is 99.7 Å². The van der Waals surface area contributed by atoms with Gasteiger partial charge in [0.2, 0.25) is 5.78 Å². The summed E-state index contributed by atoms with van der Waals surface area (Å²) in [5, 5.41) is 0. The summed E-state index contributed by atoms with van der Waals surface area (Å²) in [6.07, 6.45) is 2.69. The van der Waals surface area contributed by atoms with Crippen LogP contribution in [-0.2, 0) is 9.53 Å². The normalized spacial score (nSPS) is 11.1. The summed E-state index contributed by atoms with van der Waals surface area (Å²) < 4.78 is 9.71. The quantitative estimate of drug-likeness (QED) is 0.437. The third-order valence-electron chi connectivity index (χ3n) is 1.95. The van der Waals surface area contributed by atoms with E-state index >= 15 is 0 Å². The predicted octanol–water partition coefficient (Wildman–Crippen LogP) is 1.21. The molecule has 0 aliphatic heterocycles. The second kappa shape index (κ2) is 6.00. The van der Waals surface area contributed by atoms with Crippen molar-refractivity contribution in [3.8, 4) is 0 Å². The first kappa shape index (κ1) is 13.2. The average molecular weight is 237 g/mol. The highest BCUT2D eigenvalue weighted by Gasteiger charge is 2.11. The third kappa shape index (κ3) is 4.24. The number of Topliss-reactive ketones (excluding diaryl/α,β-unsaturated/α-hetero) is 1. The van der Waals surface area contributed by atoms with Crippen LogP contribution >= 0.6 is 0 Å². The standard InChI is InChI=1S/C12H15NO4/c1-13(2)8-10(14)11-6-4-9(17-11)5-7-12(15)16-3/h4-7H,8H2,1-3H3/b7-5+. The summed E-state index contributed by atoms with van der Waals surface area (Å²) in [5.74, 6) is 0.149. The van der Waals surface area contributed by atoms with Gasteiger partial charge in [-0.1, -0.05) is 0 Å². The molecule has 1 rings (SSSR count). The molecule has 0 radical (unpaired) electrons. The van der Waals surface area contributed by atoms with E-state index in [1.165, 1.54) is 19.3 Å². The Morgan fingerprint density at radius 2 is 2.12 bits per heavy atom. The van der Waals surface area contributed by atoms with Crippen LogP contribution in [-0.4, -0.2) is 44.4 Å². The maximum atomic E-state index is 11.6. The van der Waals surface area contributed by atoms with Crippen molar-refractivity contribution in [3.05, 3.63) is 29.7 Å². The first-order valence-corrected chi connectivity index (χ1v) is 5.06. The zero-order valence-corrected chi connectivity index (χ0v) is 10.1. The fraction of sp³-hybridized carbons (Fsp3) is 0.333. The highest BCUT2D eigenvalue weighted by molar-refractivity contribution is 5.95. The van der Waals surface area contributed by atoms with Gasteiger partial charge in [0.25, 0.3) is 0 Å². The average Bonchev–Trinajstić information content (AvgIpc) is 2.73. The van der Waals surface area contributed by atoms with Crippen molar-refractivity contribution < 1.29 is 18.7 Å². The fourth-order valence-electron chi connectivity index (χ4n) is 1.18. The number of carbonyl (C=O) groups excluding carboxylic acids is 2. The maximum Gasteiger partial charge on any atom is 0.330 e. The van der Waals surface area contributed by atoms with Crippen molar-refractivity contribution in [3.63, 3.8) is 0 Å². The zero-order valence-electron chi connectivity index (χ0n) is 10.1. The summed E-state index contributed by atoms with van der Waals surface area (Å²) in [6, 6.07) is 3.21. The number of hydrogen-bond acceptors (Lipinski definition) is 5. The van der Waals surface area contributed by atoms with Crippen LogP contribution in [0.3, 0.4) is 0 Å². The molecule has 1 aromatic heterocycles. The Morgan fingerprint density at radius 1 is 1.41 bits per heavy atom. The third-order valence-corrected chi connectivity index (χ3v) is 1.95. The summed E-state index contributed by atoms with van der Waals surface area (Å²) in [5.41, 5.74) is 0. The number of carbonyl (C=O) groups is 2. The molecule has 0 amide bonds. The molecule has 17 heavy (non-hydrogen) atoms. The Bertz CT molecular complexity index is 431. The second-order valence-corrected chi connectivity index (χ2v) is 3.72. The molecule has 92 valence electrons. The molecule has 0 saturated heterocycles. The molecule has 0 N–H and O–H groups in total. The van der Waals surface area contributed by atoms with Crippen LogP contribution in [0.15, 0.2) is 22.6 Å². The fourth-order valence-corrected chi connectivity index (χ4v) is 1.18. The molecule has 1 aromatic rings. The van der Waals surface area contributed by atoms with Crippen LogP contribution < -0.4 is 0 Å². The Hall–Kier alpha value is -1.88. The molecule has 0 fully saturated rings. The molecule has 5 nitrogen and oxygen atoms in total. The van der Waals surface area contributed by atoms with Crippen molar-refractivity contribution in [2.24, 2.45) is 0 Å². The maximum absolute atomic E-state index is 11.6. The molecule has 0 aliphatic carbocycles. The van der Waals surface area contributed by atoms with Gasteiger partial charge in [-0.15, -0.1) is 0 Å². The van der Waals surface area contributed by atoms with Crippen molar-refractivity contribution in [1.82, 2.24) is 4.90 Å². The van der Waals surface area contributed by atoms with Gasteiger partial charge < -0.3 is 14.1 Å². The van der Waals surface area contributed by atoms with E-state index in [1.807, 2.05) is 0 Å². The van der Waals surface area contributed by atoms with Crippen molar-refractivity contribution in [1.29, 1.82) is 0 Å². The summed E-state index contributed by atoms with van der Waals surface area (Å²) in [6.45, 7) is 0.285. The predicted molar refractivity (Wildman–Crippen MR) is 62.6 cm³/mol. The van der Waals surface area contributed by atoms with Crippen molar-refractivity contribution in [2.75, 3.05) is 27.7 Å². The smallest absolute Gasteiger partial charge is 0.330 e. The van der Waals surface area contributed by atoms with E-state index in [0.29, 0.717) is 5.76 Å². The Morgan fingerprint density at radius 3 is 2.71 bits per heavy atom. The van der Waals surface area contributed by atoms with Gasteiger partial charge in [0.1, 0.15) is 5.76 Å². The van der Waals surface area contributed by atoms with E-state index in [4.69, 9.17) is 4.42 Å². The number of rotatable bonds is 5. The lowest BCUT2D eigenvalue weighted by atomic mass is 10.3. The van der Waals surface area contributed by atoms with Crippen LogP contribution in [0.4, 0.5) is 0 Å². The van der Waals surface area contributed by atoms with Gasteiger partial charge in [-0.25, -0.2) is 4.79 Å². The van der Waals surface area contributed by atoms with E-state index in [0.717, 1.165) is 0 Å². The van der Waals surface area contributed by atoms with Gasteiger partial charge in [0.05, 0.1) is 13.7 Å². The van der Waals surface area contributed by atoms with Crippen LogP contribution in [0.2, 0.25) is 0 Å². The molecule has 0 aliphatic rings. The summed E-state index contributed by atoms with van der Waals surface area (Å²) >= 11 is 0. The van der Waals surface area contributed by atoms with Crippen molar-refractivity contribution in [2.45, 2.75) is 0 Å². The number of hydrogen-bond donors (Lipinski definition) is 0. The lowest BCUT2D eigenvalue weighted by Crippen LogP contribution is -2.21. The van der Waals surface area contributed by atoms with Crippen molar-refractivity contribution >= 4 is 17.8 Å². The number of esters is 1. The van der Waals surface area contributed by atoms with Gasteiger partial charge in [-0.2, -0.15) is 0 Å². The van der Waals surface area contributed by atoms with E-state index in [-0.39, 0.29) is 18.1 Å². The topological polar surface area (TPSA) is 59.8 Å². The minimum absolute atomic E-state index is 0.104. The molecule has 5 heteroatoms. The monoisotopic (exact) mass is 237 g/mol. The molecule has 0 aromatic carbocycles. The second-order valence-electron chi connectivity index (χ2n) is 3.72. The highest BCUT2D eigenvalue weighted by atomic mass is 16.5. The molecule has 1 heterocycles. The number of ether oxygens (including phenoxy) is 1. The van der Waals surface area contributed by atoms with Gasteiger partial charge in [-0.05, 0) is 32.3 Å². The van der Waals surface area contributed by atoms with E-state index in [2.05, 4.69) is 4.74 Å². The number of methoxy groups -OCH3 is 1. The van der Waals surface area contributed by atoms with Crippen LogP contribution in [0.25, 0.3) is 6.08 Å².